The van der Waals surface area contributed by atoms with Gasteiger partial charge < -0.3 is 0 Å². The molecule has 0 aliphatic heterocycles. The zero-order valence-electron chi connectivity index (χ0n) is 16.7. The quantitative estimate of drug-likeness (QED) is 0.282. The van der Waals surface area contributed by atoms with Gasteiger partial charge in [-0.2, -0.15) is 11.8 Å². The molecule has 0 amide bonds. The molecule has 0 radical (unpaired) electrons. The number of benzene rings is 4. The van der Waals surface area contributed by atoms with E-state index in [1.165, 1.54) is 32.2 Å². The lowest BCUT2D eigenvalue weighted by atomic mass is 9.92. The molecule has 0 bridgehead atoms. The monoisotopic (exact) mass is 423 g/mol. The highest BCUT2D eigenvalue weighted by molar-refractivity contribution is 7.99. The van der Waals surface area contributed by atoms with Crippen molar-refractivity contribution in [1.82, 2.24) is 4.98 Å². The van der Waals surface area contributed by atoms with Crippen LogP contribution in [0, 0.1) is 0 Å². The molecule has 146 valence electrons. The number of rotatable bonds is 5. The largest absolute Gasteiger partial charge is 0.236 e. The molecule has 1 unspecified atom stereocenters. The average molecular weight is 424 g/mol. The second-order valence-electron chi connectivity index (χ2n) is 7.24. The summed E-state index contributed by atoms with van der Waals surface area (Å²) in [5.74, 6) is 0. The third-order valence-corrected chi connectivity index (χ3v) is 7.51. The first-order valence-corrected chi connectivity index (χ1v) is 12.0. The van der Waals surface area contributed by atoms with Gasteiger partial charge in [-0.1, -0.05) is 85.4 Å². The van der Waals surface area contributed by atoms with Crippen LogP contribution in [0.5, 0.6) is 0 Å². The van der Waals surface area contributed by atoms with Crippen LogP contribution >= 0.6 is 23.1 Å². The van der Waals surface area contributed by atoms with Gasteiger partial charge in [0.15, 0.2) is 0 Å². The third kappa shape index (κ3) is 3.34. The minimum Gasteiger partial charge on any atom is -0.236 e. The first-order chi connectivity index (χ1) is 14.8. The van der Waals surface area contributed by atoms with Gasteiger partial charge in [0.05, 0.1) is 15.5 Å². The Kier molecular flexibility index (Phi) is 5.16. The molecule has 5 aromatic rings. The van der Waals surface area contributed by atoms with Crippen LogP contribution in [0.2, 0.25) is 0 Å². The molecule has 0 fully saturated rings. The Hall–Kier alpha value is -2.88. The number of thiazole rings is 1. The predicted octanol–water partition coefficient (Wildman–Crippen LogP) is 8.23. The summed E-state index contributed by atoms with van der Waals surface area (Å²) in [6, 6.07) is 31.9. The van der Waals surface area contributed by atoms with Crippen LogP contribution in [0.4, 0.5) is 0 Å². The van der Waals surface area contributed by atoms with E-state index in [0.717, 1.165) is 16.1 Å². The maximum Gasteiger partial charge on any atom is 0.125 e. The summed E-state index contributed by atoms with van der Waals surface area (Å²) in [6.45, 7) is 4.49. The van der Waals surface area contributed by atoms with E-state index in [-0.39, 0.29) is 5.25 Å². The van der Waals surface area contributed by atoms with E-state index in [1.807, 2.05) is 17.8 Å². The Bertz CT molecular complexity index is 1320. The van der Waals surface area contributed by atoms with Crippen molar-refractivity contribution in [2.24, 2.45) is 0 Å². The smallest absolute Gasteiger partial charge is 0.125 e. The van der Waals surface area contributed by atoms with Crippen LogP contribution in [-0.4, -0.2) is 11.2 Å². The van der Waals surface area contributed by atoms with Gasteiger partial charge in [-0.3, -0.25) is 0 Å². The van der Waals surface area contributed by atoms with Crippen LogP contribution in [0.3, 0.4) is 0 Å². The molecule has 1 aromatic heterocycles. The number of para-hydroxylation sites is 1. The fourth-order valence-corrected chi connectivity index (χ4v) is 5.90. The molecule has 1 atom stereocenters. The summed E-state index contributed by atoms with van der Waals surface area (Å²) in [6.07, 6.45) is 2.16. The molecule has 1 nitrogen and oxygen atoms in total. The number of thioether (sulfide) groups is 1. The topological polar surface area (TPSA) is 12.9 Å². The van der Waals surface area contributed by atoms with Gasteiger partial charge in [0.2, 0.25) is 0 Å². The minimum absolute atomic E-state index is 0.152. The molecule has 0 saturated heterocycles. The zero-order chi connectivity index (χ0) is 20.5. The first kappa shape index (κ1) is 19.1. The number of nitrogens with zero attached hydrogens (tertiary/aromatic N) is 1. The van der Waals surface area contributed by atoms with Crippen molar-refractivity contribution >= 4 is 49.7 Å². The van der Waals surface area contributed by atoms with Gasteiger partial charge in [0, 0.05) is 5.56 Å². The second-order valence-corrected chi connectivity index (χ2v) is 9.22. The molecule has 30 heavy (non-hydrogen) atoms. The Morgan fingerprint density at radius 3 is 2.40 bits per heavy atom. The van der Waals surface area contributed by atoms with Crippen molar-refractivity contribution in [3.8, 4) is 10.6 Å². The second kappa shape index (κ2) is 8.10. The standard InChI is InChI=1S/C27H21NS2/c1-18(19-10-4-3-5-11-19)26(29-2)22-17-16-20-12-6-7-13-21(20)25(22)27-28-23-14-8-9-15-24(23)30-27/h3-17,26H,1H2,2H3. The van der Waals surface area contributed by atoms with Crippen LogP contribution < -0.4 is 0 Å². The fourth-order valence-electron chi connectivity index (χ4n) is 3.99. The summed E-state index contributed by atoms with van der Waals surface area (Å²) in [5, 5.41) is 3.71. The third-order valence-electron chi connectivity index (χ3n) is 5.45. The maximum absolute atomic E-state index is 5.02. The van der Waals surface area contributed by atoms with E-state index >= 15 is 0 Å². The highest BCUT2D eigenvalue weighted by atomic mass is 32.2. The van der Waals surface area contributed by atoms with Crippen LogP contribution in [-0.2, 0) is 0 Å². The Morgan fingerprint density at radius 2 is 1.60 bits per heavy atom. The first-order valence-electron chi connectivity index (χ1n) is 9.91. The Balaban J connectivity index is 1.75. The van der Waals surface area contributed by atoms with Crippen LogP contribution in [0.1, 0.15) is 16.4 Å². The fraction of sp³-hybridized carbons (Fsp3) is 0.0741. The molecule has 0 spiro atoms. The molecule has 0 aliphatic rings. The van der Waals surface area contributed by atoms with Gasteiger partial charge in [-0.05, 0) is 45.9 Å². The van der Waals surface area contributed by atoms with E-state index in [2.05, 4.69) is 97.8 Å². The lowest BCUT2D eigenvalue weighted by Gasteiger charge is -2.22. The van der Waals surface area contributed by atoms with E-state index in [9.17, 15) is 0 Å². The molecular weight excluding hydrogens is 402 g/mol. The summed E-state index contributed by atoms with van der Waals surface area (Å²) < 4.78 is 1.22. The average Bonchev–Trinajstić information content (AvgIpc) is 3.23. The SMILES string of the molecule is C=C(c1ccccc1)C(SC)c1ccc2ccccc2c1-c1nc2ccccc2s1. The molecule has 5 rings (SSSR count). The summed E-state index contributed by atoms with van der Waals surface area (Å²) in [5.41, 5.74) is 5.86. The minimum atomic E-state index is 0.152. The van der Waals surface area contributed by atoms with Gasteiger partial charge >= 0.3 is 0 Å². The summed E-state index contributed by atoms with van der Waals surface area (Å²) >= 11 is 3.59. The van der Waals surface area contributed by atoms with E-state index in [0.29, 0.717) is 0 Å². The van der Waals surface area contributed by atoms with Gasteiger partial charge in [0.25, 0.3) is 0 Å². The molecule has 0 saturated carbocycles. The highest BCUT2D eigenvalue weighted by Gasteiger charge is 2.23. The number of fused-ring (bicyclic) bond motifs is 2. The van der Waals surface area contributed by atoms with E-state index in [1.54, 1.807) is 11.3 Å². The van der Waals surface area contributed by atoms with Crippen molar-refractivity contribution in [2.45, 2.75) is 5.25 Å². The molecule has 1 heterocycles. The van der Waals surface area contributed by atoms with Gasteiger partial charge in [-0.15, -0.1) is 11.3 Å². The Labute approximate surface area is 185 Å². The number of hydrogen-bond acceptors (Lipinski definition) is 3. The molecular formula is C27H21NS2. The summed E-state index contributed by atoms with van der Waals surface area (Å²) in [4.78, 5) is 5.02. The lowest BCUT2D eigenvalue weighted by Crippen LogP contribution is -2.00. The van der Waals surface area contributed by atoms with Crippen molar-refractivity contribution in [3.05, 3.63) is 109 Å². The molecule has 0 aliphatic carbocycles. The normalized spacial score (nSPS) is 12.3. The highest BCUT2D eigenvalue weighted by Crippen LogP contribution is 2.46. The lowest BCUT2D eigenvalue weighted by molar-refractivity contribution is 1.26. The number of aromatic nitrogens is 1. The van der Waals surface area contributed by atoms with Crippen molar-refractivity contribution in [3.63, 3.8) is 0 Å². The van der Waals surface area contributed by atoms with Crippen molar-refractivity contribution in [1.29, 1.82) is 0 Å². The number of hydrogen-bond donors (Lipinski definition) is 0. The molecule has 3 heteroatoms. The molecule has 4 aromatic carbocycles. The van der Waals surface area contributed by atoms with Crippen LogP contribution in [0.25, 0.3) is 37.1 Å². The van der Waals surface area contributed by atoms with Crippen LogP contribution in [0.15, 0.2) is 97.6 Å². The van der Waals surface area contributed by atoms with E-state index in [4.69, 9.17) is 4.98 Å². The van der Waals surface area contributed by atoms with Crippen molar-refractivity contribution < 1.29 is 0 Å². The van der Waals surface area contributed by atoms with Gasteiger partial charge in [0.1, 0.15) is 5.01 Å². The zero-order valence-corrected chi connectivity index (χ0v) is 18.3. The van der Waals surface area contributed by atoms with E-state index < -0.39 is 0 Å². The predicted molar refractivity (Wildman–Crippen MR) is 134 cm³/mol. The Morgan fingerprint density at radius 1 is 0.867 bits per heavy atom. The molecule has 0 N–H and O–H groups in total. The van der Waals surface area contributed by atoms with Gasteiger partial charge in [-0.25, -0.2) is 4.98 Å². The van der Waals surface area contributed by atoms with Crippen molar-refractivity contribution in [2.75, 3.05) is 6.26 Å². The maximum atomic E-state index is 5.02. The summed E-state index contributed by atoms with van der Waals surface area (Å²) in [7, 11) is 0.